The molecule has 3 rings (SSSR count). The van der Waals surface area contributed by atoms with E-state index in [9.17, 15) is 4.79 Å². The van der Waals surface area contributed by atoms with Crippen molar-refractivity contribution in [3.63, 3.8) is 0 Å². The molecule has 2 heterocycles. The number of hydrogen-bond acceptors (Lipinski definition) is 5. The van der Waals surface area contributed by atoms with Gasteiger partial charge in [0.05, 0.1) is 26.1 Å². The van der Waals surface area contributed by atoms with E-state index in [-0.39, 0.29) is 0 Å². The summed E-state index contributed by atoms with van der Waals surface area (Å²) in [5.74, 6) is 0.403. The molecule has 0 amide bonds. The summed E-state index contributed by atoms with van der Waals surface area (Å²) in [6.07, 6.45) is 3.23. The number of aromatic nitrogens is 3. The van der Waals surface area contributed by atoms with E-state index >= 15 is 0 Å². The summed E-state index contributed by atoms with van der Waals surface area (Å²) in [6.45, 7) is 0.580. The van der Waals surface area contributed by atoms with Gasteiger partial charge in [0, 0.05) is 12.7 Å². The minimum atomic E-state index is -0.399. The summed E-state index contributed by atoms with van der Waals surface area (Å²) in [5, 5.41) is 0. The first kappa shape index (κ1) is 14.1. The maximum atomic E-state index is 11.9. The number of carbonyl (C=O) groups is 1. The molecule has 0 aliphatic rings. The largest absolute Gasteiger partial charge is 0.497 e. The zero-order valence-corrected chi connectivity index (χ0v) is 12.3. The Morgan fingerprint density at radius 1 is 1.14 bits per heavy atom. The molecule has 6 heteroatoms. The molecule has 0 atom stereocenters. The van der Waals surface area contributed by atoms with E-state index in [0.717, 1.165) is 11.3 Å². The van der Waals surface area contributed by atoms with Crippen molar-refractivity contribution in [2.24, 2.45) is 0 Å². The Morgan fingerprint density at radius 3 is 2.59 bits per heavy atom. The SMILES string of the molecule is COC(=O)c1ccnc2ncn(Cc3ccc(OC)cc3)c12. The molecule has 0 radical (unpaired) electrons. The molecule has 0 fully saturated rings. The average Bonchev–Trinajstić information content (AvgIpc) is 2.98. The molecular formula is C16H15N3O3. The Bertz CT molecular complexity index is 809. The number of fused-ring (bicyclic) bond motifs is 1. The molecule has 0 aliphatic carbocycles. The van der Waals surface area contributed by atoms with E-state index in [1.807, 2.05) is 28.8 Å². The van der Waals surface area contributed by atoms with Gasteiger partial charge in [0.15, 0.2) is 5.65 Å². The third-order valence-corrected chi connectivity index (χ3v) is 3.43. The lowest BCUT2D eigenvalue weighted by molar-refractivity contribution is 0.0602. The number of carbonyl (C=O) groups excluding carboxylic acids is 1. The summed E-state index contributed by atoms with van der Waals surface area (Å²) < 4.78 is 11.9. The predicted octanol–water partition coefficient (Wildman–Crippen LogP) is 2.27. The first-order valence-electron chi connectivity index (χ1n) is 6.74. The zero-order chi connectivity index (χ0) is 15.5. The maximum Gasteiger partial charge on any atom is 0.340 e. The lowest BCUT2D eigenvalue weighted by Crippen LogP contribution is -2.06. The van der Waals surface area contributed by atoms with Gasteiger partial charge < -0.3 is 14.0 Å². The molecule has 0 N–H and O–H groups in total. The van der Waals surface area contributed by atoms with Crippen LogP contribution in [0.5, 0.6) is 5.75 Å². The van der Waals surface area contributed by atoms with Crippen LogP contribution in [0.2, 0.25) is 0 Å². The van der Waals surface area contributed by atoms with E-state index in [1.165, 1.54) is 7.11 Å². The van der Waals surface area contributed by atoms with Crippen molar-refractivity contribution in [3.05, 3.63) is 54.0 Å². The highest BCUT2D eigenvalue weighted by atomic mass is 16.5. The number of hydrogen-bond donors (Lipinski definition) is 0. The summed E-state index contributed by atoms with van der Waals surface area (Å²) in [4.78, 5) is 20.3. The van der Waals surface area contributed by atoms with Crippen molar-refractivity contribution in [3.8, 4) is 5.75 Å². The number of esters is 1. The Hall–Kier alpha value is -2.89. The van der Waals surface area contributed by atoms with Crippen LogP contribution in [0.3, 0.4) is 0 Å². The molecule has 0 spiro atoms. The van der Waals surface area contributed by atoms with E-state index in [4.69, 9.17) is 9.47 Å². The topological polar surface area (TPSA) is 66.2 Å². The molecule has 112 valence electrons. The maximum absolute atomic E-state index is 11.9. The van der Waals surface area contributed by atoms with Gasteiger partial charge in [-0.15, -0.1) is 0 Å². The second kappa shape index (κ2) is 5.85. The molecule has 3 aromatic rings. The predicted molar refractivity (Wildman–Crippen MR) is 81.0 cm³/mol. The third-order valence-electron chi connectivity index (χ3n) is 3.43. The molecule has 0 saturated carbocycles. The van der Waals surface area contributed by atoms with Crippen LogP contribution in [-0.2, 0) is 11.3 Å². The van der Waals surface area contributed by atoms with Gasteiger partial charge in [-0.2, -0.15) is 0 Å². The van der Waals surface area contributed by atoms with Gasteiger partial charge in [0.25, 0.3) is 0 Å². The van der Waals surface area contributed by atoms with Gasteiger partial charge in [-0.1, -0.05) is 12.1 Å². The van der Waals surface area contributed by atoms with Crippen molar-refractivity contribution in [1.29, 1.82) is 0 Å². The summed E-state index contributed by atoms with van der Waals surface area (Å²) in [6, 6.07) is 9.37. The van der Waals surface area contributed by atoms with Crippen LogP contribution in [0.4, 0.5) is 0 Å². The average molecular weight is 297 g/mol. The molecule has 0 aliphatic heterocycles. The fraction of sp³-hybridized carbons (Fsp3) is 0.188. The number of nitrogens with zero attached hydrogens (tertiary/aromatic N) is 3. The first-order chi connectivity index (χ1) is 10.7. The third kappa shape index (κ3) is 2.50. The van der Waals surface area contributed by atoms with Gasteiger partial charge in [0.2, 0.25) is 0 Å². The Kier molecular flexibility index (Phi) is 3.74. The quantitative estimate of drug-likeness (QED) is 0.691. The number of benzene rings is 1. The molecule has 0 saturated heterocycles. The second-order valence-corrected chi connectivity index (χ2v) is 4.74. The van der Waals surface area contributed by atoms with E-state index in [1.54, 1.807) is 25.7 Å². The summed E-state index contributed by atoms with van der Waals surface area (Å²) in [7, 11) is 2.99. The Balaban J connectivity index is 2.01. The van der Waals surface area contributed by atoms with Crippen molar-refractivity contribution < 1.29 is 14.3 Å². The molecule has 0 bridgehead atoms. The Labute approximate surface area is 127 Å². The normalized spacial score (nSPS) is 10.6. The molecule has 2 aromatic heterocycles. The molecule has 22 heavy (non-hydrogen) atoms. The van der Waals surface area contributed by atoms with E-state index in [0.29, 0.717) is 23.3 Å². The summed E-state index contributed by atoms with van der Waals surface area (Å²) >= 11 is 0. The van der Waals surface area contributed by atoms with Crippen molar-refractivity contribution >= 4 is 17.1 Å². The zero-order valence-electron chi connectivity index (χ0n) is 12.3. The minimum absolute atomic E-state index is 0.399. The number of imidazole rings is 1. The van der Waals surface area contributed by atoms with Crippen LogP contribution in [0.25, 0.3) is 11.2 Å². The molecular weight excluding hydrogens is 282 g/mol. The first-order valence-corrected chi connectivity index (χ1v) is 6.74. The van der Waals surface area contributed by atoms with Gasteiger partial charge >= 0.3 is 5.97 Å². The van der Waals surface area contributed by atoms with E-state index in [2.05, 4.69) is 9.97 Å². The van der Waals surface area contributed by atoms with Gasteiger partial charge in [-0.3, -0.25) is 0 Å². The van der Waals surface area contributed by atoms with Crippen LogP contribution in [0.1, 0.15) is 15.9 Å². The lowest BCUT2D eigenvalue weighted by atomic mass is 10.2. The fourth-order valence-electron chi connectivity index (χ4n) is 2.32. The lowest BCUT2D eigenvalue weighted by Gasteiger charge is -2.08. The Morgan fingerprint density at radius 2 is 1.91 bits per heavy atom. The van der Waals surface area contributed by atoms with Crippen LogP contribution in [0, 0.1) is 0 Å². The van der Waals surface area contributed by atoms with Gasteiger partial charge in [-0.25, -0.2) is 14.8 Å². The molecule has 1 aromatic carbocycles. The number of ether oxygens (including phenoxy) is 2. The smallest absolute Gasteiger partial charge is 0.340 e. The standard InChI is InChI=1S/C16H15N3O3/c1-21-12-5-3-11(4-6-12)9-19-10-18-15-14(19)13(7-8-17-15)16(20)22-2/h3-8,10H,9H2,1-2H3. The highest BCUT2D eigenvalue weighted by Crippen LogP contribution is 2.19. The monoisotopic (exact) mass is 297 g/mol. The van der Waals surface area contributed by atoms with Crippen molar-refractivity contribution in [1.82, 2.24) is 14.5 Å². The second-order valence-electron chi connectivity index (χ2n) is 4.74. The van der Waals surface area contributed by atoms with Crippen LogP contribution < -0.4 is 4.74 Å². The van der Waals surface area contributed by atoms with Gasteiger partial charge in [0.1, 0.15) is 11.3 Å². The van der Waals surface area contributed by atoms with E-state index < -0.39 is 5.97 Å². The number of methoxy groups -OCH3 is 2. The number of pyridine rings is 1. The highest BCUT2D eigenvalue weighted by molar-refractivity contribution is 6.00. The van der Waals surface area contributed by atoms with Gasteiger partial charge in [-0.05, 0) is 23.8 Å². The highest BCUT2D eigenvalue weighted by Gasteiger charge is 2.15. The molecule has 0 unspecified atom stereocenters. The van der Waals surface area contributed by atoms with Crippen LogP contribution >= 0.6 is 0 Å². The summed E-state index contributed by atoms with van der Waals surface area (Å²) in [5.41, 5.74) is 2.72. The van der Waals surface area contributed by atoms with Crippen LogP contribution in [-0.4, -0.2) is 34.7 Å². The van der Waals surface area contributed by atoms with Crippen LogP contribution in [0.15, 0.2) is 42.9 Å². The van der Waals surface area contributed by atoms with Crippen molar-refractivity contribution in [2.75, 3.05) is 14.2 Å². The van der Waals surface area contributed by atoms with Crippen molar-refractivity contribution in [2.45, 2.75) is 6.54 Å². The molecule has 6 nitrogen and oxygen atoms in total. The fourth-order valence-corrected chi connectivity index (χ4v) is 2.32. The number of rotatable bonds is 4. The minimum Gasteiger partial charge on any atom is -0.497 e.